The van der Waals surface area contributed by atoms with Gasteiger partial charge in [0.15, 0.2) is 0 Å². The molecule has 1 aromatic carbocycles. The maximum Gasteiger partial charge on any atom is 0.0489 e. The maximum absolute atomic E-state index is 3.59. The minimum absolute atomic E-state index is 0.655. The van der Waals surface area contributed by atoms with E-state index in [1.807, 2.05) is 11.8 Å². The first-order valence-electron chi connectivity index (χ1n) is 4.55. The van der Waals surface area contributed by atoms with Crippen molar-refractivity contribution in [2.75, 3.05) is 16.8 Å². The SMILES string of the molecule is Brc1ccc(I)c(NC2CCSC2)c1. The highest BCUT2D eigenvalue weighted by Gasteiger charge is 2.15. The molecule has 1 saturated heterocycles. The minimum atomic E-state index is 0.655. The summed E-state index contributed by atoms with van der Waals surface area (Å²) in [5.41, 5.74) is 1.26. The highest BCUT2D eigenvalue weighted by Crippen LogP contribution is 2.27. The number of benzene rings is 1. The Morgan fingerprint density at radius 3 is 3.07 bits per heavy atom. The Morgan fingerprint density at radius 1 is 1.50 bits per heavy atom. The lowest BCUT2D eigenvalue weighted by Gasteiger charge is -2.14. The molecule has 1 atom stereocenters. The summed E-state index contributed by atoms with van der Waals surface area (Å²) >= 11 is 7.91. The van der Waals surface area contributed by atoms with Gasteiger partial charge in [-0.1, -0.05) is 15.9 Å². The van der Waals surface area contributed by atoms with Gasteiger partial charge in [-0.15, -0.1) is 0 Å². The molecule has 1 aliphatic rings. The molecule has 1 aromatic rings. The summed E-state index contributed by atoms with van der Waals surface area (Å²) in [6.07, 6.45) is 1.28. The normalized spacial score (nSPS) is 21.1. The lowest BCUT2D eigenvalue weighted by Crippen LogP contribution is -2.18. The monoisotopic (exact) mass is 383 g/mol. The van der Waals surface area contributed by atoms with Crippen molar-refractivity contribution in [3.8, 4) is 0 Å². The van der Waals surface area contributed by atoms with Gasteiger partial charge in [0.25, 0.3) is 0 Å². The van der Waals surface area contributed by atoms with Gasteiger partial charge in [-0.25, -0.2) is 0 Å². The summed E-state index contributed by atoms with van der Waals surface area (Å²) in [5, 5.41) is 3.59. The van der Waals surface area contributed by atoms with E-state index in [4.69, 9.17) is 0 Å². The number of nitrogens with one attached hydrogen (secondary N) is 1. The van der Waals surface area contributed by atoms with Crippen LogP contribution in [0.2, 0.25) is 0 Å². The predicted molar refractivity (Wildman–Crippen MR) is 76.2 cm³/mol. The smallest absolute Gasteiger partial charge is 0.0489 e. The number of thioether (sulfide) groups is 1. The molecule has 2 rings (SSSR count). The van der Waals surface area contributed by atoms with Crippen LogP contribution in [0.15, 0.2) is 22.7 Å². The van der Waals surface area contributed by atoms with Gasteiger partial charge in [0.2, 0.25) is 0 Å². The topological polar surface area (TPSA) is 12.0 Å². The zero-order valence-electron chi connectivity index (χ0n) is 7.59. The standard InChI is InChI=1S/C10H11BrINS/c11-7-1-2-9(12)10(5-7)13-8-3-4-14-6-8/h1-2,5,8,13H,3-4,6H2. The Balaban J connectivity index is 2.10. The van der Waals surface area contributed by atoms with Gasteiger partial charge in [-0.05, 0) is 53.0 Å². The van der Waals surface area contributed by atoms with Crippen molar-refractivity contribution in [3.63, 3.8) is 0 Å². The van der Waals surface area contributed by atoms with E-state index in [0.717, 1.165) is 4.47 Å². The number of halogens is 2. The van der Waals surface area contributed by atoms with E-state index >= 15 is 0 Å². The van der Waals surface area contributed by atoms with Crippen molar-refractivity contribution in [2.45, 2.75) is 12.5 Å². The Hall–Kier alpha value is 0.580. The average Bonchev–Trinajstić information content (AvgIpc) is 2.64. The van der Waals surface area contributed by atoms with Crippen LogP contribution in [0.25, 0.3) is 0 Å². The molecule has 0 spiro atoms. The molecule has 1 nitrogen and oxygen atoms in total. The van der Waals surface area contributed by atoms with Crippen LogP contribution in [0.4, 0.5) is 5.69 Å². The third-order valence-corrected chi connectivity index (χ3v) is 4.81. The molecule has 0 aromatic heterocycles. The molecule has 1 heterocycles. The van der Waals surface area contributed by atoms with E-state index in [-0.39, 0.29) is 0 Å². The number of rotatable bonds is 2. The Labute approximate surface area is 111 Å². The molecule has 1 unspecified atom stereocenters. The molecule has 0 aliphatic carbocycles. The third kappa shape index (κ3) is 2.79. The van der Waals surface area contributed by atoms with Crippen LogP contribution < -0.4 is 5.32 Å². The van der Waals surface area contributed by atoms with Crippen LogP contribution in [0.5, 0.6) is 0 Å². The maximum atomic E-state index is 3.59. The van der Waals surface area contributed by atoms with E-state index in [0.29, 0.717) is 6.04 Å². The first-order valence-corrected chi connectivity index (χ1v) is 7.57. The molecule has 0 bridgehead atoms. The first kappa shape index (κ1) is 11.1. The van der Waals surface area contributed by atoms with Crippen LogP contribution in [-0.4, -0.2) is 17.5 Å². The molecule has 14 heavy (non-hydrogen) atoms. The van der Waals surface area contributed by atoms with Crippen molar-refractivity contribution >= 4 is 56.0 Å². The van der Waals surface area contributed by atoms with Crippen molar-refractivity contribution < 1.29 is 0 Å². The molecule has 1 N–H and O–H groups in total. The lowest BCUT2D eigenvalue weighted by molar-refractivity contribution is 0.812. The summed E-state index contributed by atoms with van der Waals surface area (Å²) < 4.78 is 2.44. The lowest BCUT2D eigenvalue weighted by atomic mass is 10.2. The molecule has 0 radical (unpaired) electrons. The van der Waals surface area contributed by atoms with Gasteiger partial charge in [0.1, 0.15) is 0 Å². The van der Waals surface area contributed by atoms with Crippen LogP contribution in [0.1, 0.15) is 6.42 Å². The van der Waals surface area contributed by atoms with Gasteiger partial charge >= 0.3 is 0 Å². The minimum Gasteiger partial charge on any atom is -0.381 e. The van der Waals surface area contributed by atoms with Crippen LogP contribution in [0.3, 0.4) is 0 Å². The molecule has 1 fully saturated rings. The van der Waals surface area contributed by atoms with Crippen LogP contribution in [-0.2, 0) is 0 Å². The largest absolute Gasteiger partial charge is 0.381 e. The van der Waals surface area contributed by atoms with Crippen LogP contribution >= 0.6 is 50.3 Å². The van der Waals surface area contributed by atoms with Crippen molar-refractivity contribution in [1.29, 1.82) is 0 Å². The number of hydrogen-bond donors (Lipinski definition) is 1. The number of anilines is 1. The third-order valence-electron chi connectivity index (χ3n) is 2.22. The Kier molecular flexibility index (Phi) is 4.01. The zero-order valence-corrected chi connectivity index (χ0v) is 12.2. The van der Waals surface area contributed by atoms with E-state index in [1.165, 1.54) is 27.2 Å². The van der Waals surface area contributed by atoms with E-state index in [9.17, 15) is 0 Å². The molecular weight excluding hydrogens is 373 g/mol. The first-order chi connectivity index (χ1) is 6.75. The zero-order chi connectivity index (χ0) is 9.97. The molecular formula is C10H11BrINS. The van der Waals surface area contributed by atoms with Gasteiger partial charge in [0, 0.05) is 25.5 Å². The molecule has 0 saturated carbocycles. The van der Waals surface area contributed by atoms with Crippen LogP contribution in [0, 0.1) is 3.57 Å². The van der Waals surface area contributed by atoms with Gasteiger partial charge in [-0.3, -0.25) is 0 Å². The Bertz CT molecular complexity index is 326. The highest BCUT2D eigenvalue weighted by molar-refractivity contribution is 14.1. The summed E-state index contributed by atoms with van der Waals surface area (Å²) in [6.45, 7) is 0. The second kappa shape index (κ2) is 5.07. The summed E-state index contributed by atoms with van der Waals surface area (Å²) in [4.78, 5) is 0. The second-order valence-corrected chi connectivity index (χ2v) is 6.56. The molecule has 0 amide bonds. The van der Waals surface area contributed by atoms with Crippen molar-refractivity contribution in [1.82, 2.24) is 0 Å². The summed E-state index contributed by atoms with van der Waals surface area (Å²) in [7, 11) is 0. The summed E-state index contributed by atoms with van der Waals surface area (Å²) in [6, 6.07) is 7.03. The summed E-state index contributed by atoms with van der Waals surface area (Å²) in [5.74, 6) is 2.53. The predicted octanol–water partition coefficient (Wildman–Crippen LogP) is 3.97. The van der Waals surface area contributed by atoms with Gasteiger partial charge in [0.05, 0.1) is 0 Å². The second-order valence-electron chi connectivity index (χ2n) is 3.33. The van der Waals surface area contributed by atoms with Crippen molar-refractivity contribution in [3.05, 3.63) is 26.2 Å². The van der Waals surface area contributed by atoms with E-state index < -0.39 is 0 Å². The fourth-order valence-electron chi connectivity index (χ4n) is 1.48. The molecule has 4 heteroatoms. The quantitative estimate of drug-likeness (QED) is 0.775. The highest BCUT2D eigenvalue weighted by atomic mass is 127. The van der Waals surface area contributed by atoms with E-state index in [2.05, 4.69) is 62.0 Å². The van der Waals surface area contributed by atoms with Gasteiger partial charge in [-0.2, -0.15) is 11.8 Å². The fourth-order valence-corrected chi connectivity index (χ4v) is 3.48. The molecule has 1 aliphatic heterocycles. The van der Waals surface area contributed by atoms with Gasteiger partial charge < -0.3 is 5.32 Å². The fraction of sp³-hybridized carbons (Fsp3) is 0.400. The molecule has 76 valence electrons. The Morgan fingerprint density at radius 2 is 2.36 bits per heavy atom. The number of hydrogen-bond acceptors (Lipinski definition) is 2. The average molecular weight is 384 g/mol. The van der Waals surface area contributed by atoms with Crippen molar-refractivity contribution in [2.24, 2.45) is 0 Å². The van der Waals surface area contributed by atoms with E-state index in [1.54, 1.807) is 0 Å².